The zero-order chi connectivity index (χ0) is 16.9. The van der Waals surface area contributed by atoms with E-state index in [0.717, 1.165) is 19.3 Å². The molecule has 2 aliphatic rings. The number of anilines is 1. The number of rotatable bonds is 3. The summed E-state index contributed by atoms with van der Waals surface area (Å²) in [6.07, 6.45) is 3.37. The average Bonchev–Trinajstić information content (AvgIpc) is 3.14. The number of benzene rings is 1. The molecule has 1 atom stereocenters. The van der Waals surface area contributed by atoms with Crippen LogP contribution in [0, 0.1) is 0 Å². The van der Waals surface area contributed by atoms with Gasteiger partial charge in [-0.15, -0.1) is 12.4 Å². The molecule has 1 aliphatic heterocycles. The third-order valence-electron chi connectivity index (χ3n) is 4.85. The lowest BCUT2D eigenvalue weighted by molar-refractivity contribution is -0.118. The molecule has 4 rings (SSSR count). The van der Waals surface area contributed by atoms with Crippen molar-refractivity contribution in [2.45, 2.75) is 37.1 Å². The maximum Gasteiger partial charge on any atom is 0.239 e. The Morgan fingerprint density at radius 3 is 2.68 bits per heavy atom. The minimum Gasteiger partial charge on any atom is -0.338 e. The monoisotopic (exact) mass is 402 g/mol. The summed E-state index contributed by atoms with van der Waals surface area (Å²) in [6, 6.07) is 5.14. The maximum absolute atomic E-state index is 12.7. The Morgan fingerprint density at radius 2 is 2.04 bits per heavy atom. The van der Waals surface area contributed by atoms with Gasteiger partial charge in [-0.25, -0.2) is 0 Å². The zero-order valence-corrected chi connectivity index (χ0v) is 15.6. The number of amides is 1. The van der Waals surface area contributed by atoms with E-state index in [1.54, 1.807) is 23.1 Å². The predicted octanol–water partition coefficient (Wildman–Crippen LogP) is 3.66. The van der Waals surface area contributed by atoms with E-state index in [2.05, 4.69) is 10.1 Å². The molecule has 1 aliphatic carbocycles. The zero-order valence-electron chi connectivity index (χ0n) is 13.2. The van der Waals surface area contributed by atoms with E-state index >= 15 is 0 Å². The standard InChI is InChI=1S/C16H16Cl2N4O2.ClH/c17-11-3-2-9(8-12(11)18)22-7-4-10(14(22)23)13-20-15(21-24-13)16(19)5-1-6-16;/h2-3,8,10H,1,4-7,19H2;1H. The number of hydrogen-bond acceptors (Lipinski definition) is 5. The molecule has 134 valence electrons. The lowest BCUT2D eigenvalue weighted by Gasteiger charge is -2.34. The molecular weight excluding hydrogens is 387 g/mol. The van der Waals surface area contributed by atoms with Crippen LogP contribution in [-0.2, 0) is 10.3 Å². The fourth-order valence-corrected chi connectivity index (χ4v) is 3.47. The number of hydrogen-bond donors (Lipinski definition) is 1. The molecule has 25 heavy (non-hydrogen) atoms. The highest BCUT2D eigenvalue weighted by Gasteiger charge is 2.42. The molecule has 0 bridgehead atoms. The van der Waals surface area contributed by atoms with Crippen molar-refractivity contribution in [2.24, 2.45) is 5.73 Å². The molecule has 2 fully saturated rings. The van der Waals surface area contributed by atoms with Crippen molar-refractivity contribution < 1.29 is 9.32 Å². The van der Waals surface area contributed by atoms with Crippen molar-refractivity contribution in [3.63, 3.8) is 0 Å². The van der Waals surface area contributed by atoms with Gasteiger partial charge in [0.25, 0.3) is 0 Å². The second kappa shape index (κ2) is 6.76. The first-order chi connectivity index (χ1) is 11.5. The van der Waals surface area contributed by atoms with Crippen molar-refractivity contribution in [3.05, 3.63) is 40.0 Å². The van der Waals surface area contributed by atoms with Gasteiger partial charge in [0.15, 0.2) is 5.82 Å². The molecule has 1 unspecified atom stereocenters. The largest absolute Gasteiger partial charge is 0.338 e. The molecule has 0 spiro atoms. The molecule has 6 nitrogen and oxygen atoms in total. The Bertz CT molecular complexity index is 806. The van der Waals surface area contributed by atoms with E-state index in [1.807, 2.05) is 0 Å². The Labute approximate surface area is 161 Å². The van der Waals surface area contributed by atoms with Crippen LogP contribution in [0.4, 0.5) is 5.69 Å². The molecule has 9 heteroatoms. The third-order valence-corrected chi connectivity index (χ3v) is 5.59. The summed E-state index contributed by atoms with van der Waals surface area (Å²) in [5, 5.41) is 4.87. The van der Waals surface area contributed by atoms with Crippen molar-refractivity contribution >= 4 is 47.2 Å². The highest BCUT2D eigenvalue weighted by atomic mass is 35.5. The number of nitrogens with zero attached hydrogens (tertiary/aromatic N) is 3. The molecule has 2 aromatic rings. The van der Waals surface area contributed by atoms with Gasteiger partial charge >= 0.3 is 0 Å². The highest BCUT2D eigenvalue weighted by molar-refractivity contribution is 6.42. The van der Waals surface area contributed by atoms with Gasteiger partial charge in [0.2, 0.25) is 11.8 Å². The smallest absolute Gasteiger partial charge is 0.239 e. The fourth-order valence-electron chi connectivity index (χ4n) is 3.18. The van der Waals surface area contributed by atoms with E-state index in [4.69, 9.17) is 33.5 Å². The van der Waals surface area contributed by atoms with Crippen LogP contribution >= 0.6 is 35.6 Å². The first-order valence-electron chi connectivity index (χ1n) is 7.87. The summed E-state index contributed by atoms with van der Waals surface area (Å²) < 4.78 is 5.33. The summed E-state index contributed by atoms with van der Waals surface area (Å²) >= 11 is 12.0. The molecule has 1 amide bonds. The van der Waals surface area contributed by atoms with Crippen LogP contribution in [0.3, 0.4) is 0 Å². The Hall–Kier alpha value is -1.34. The average molecular weight is 404 g/mol. The molecule has 2 heterocycles. The van der Waals surface area contributed by atoms with Gasteiger partial charge < -0.3 is 15.2 Å². The second-order valence-corrected chi connectivity index (χ2v) is 7.21. The van der Waals surface area contributed by atoms with Gasteiger partial charge in [0, 0.05) is 12.2 Å². The Balaban J connectivity index is 0.00000182. The quantitative estimate of drug-likeness (QED) is 0.845. The van der Waals surface area contributed by atoms with E-state index in [-0.39, 0.29) is 18.3 Å². The molecule has 1 saturated heterocycles. The van der Waals surface area contributed by atoms with Crippen molar-refractivity contribution in [2.75, 3.05) is 11.4 Å². The molecule has 2 N–H and O–H groups in total. The van der Waals surface area contributed by atoms with Gasteiger partial charge in [-0.2, -0.15) is 4.98 Å². The minimum absolute atomic E-state index is 0. The van der Waals surface area contributed by atoms with Crippen molar-refractivity contribution in [1.29, 1.82) is 0 Å². The van der Waals surface area contributed by atoms with Gasteiger partial charge in [0.05, 0.1) is 15.6 Å². The Morgan fingerprint density at radius 1 is 1.28 bits per heavy atom. The van der Waals surface area contributed by atoms with Crippen LogP contribution in [0.2, 0.25) is 10.0 Å². The summed E-state index contributed by atoms with van der Waals surface area (Å²) in [6.45, 7) is 0.562. The first-order valence-corrected chi connectivity index (χ1v) is 8.63. The summed E-state index contributed by atoms with van der Waals surface area (Å²) in [4.78, 5) is 18.8. The number of halogens is 3. The summed E-state index contributed by atoms with van der Waals surface area (Å²) in [5.74, 6) is 0.325. The number of carbonyl (C=O) groups is 1. The first kappa shape index (κ1) is 18.5. The van der Waals surface area contributed by atoms with Gasteiger partial charge in [0.1, 0.15) is 5.92 Å². The van der Waals surface area contributed by atoms with Gasteiger partial charge in [-0.3, -0.25) is 4.79 Å². The normalized spacial score (nSPS) is 21.8. The lowest BCUT2D eigenvalue weighted by atomic mass is 9.77. The molecule has 0 radical (unpaired) electrons. The number of nitrogens with two attached hydrogens (primary N) is 1. The second-order valence-electron chi connectivity index (χ2n) is 6.40. The van der Waals surface area contributed by atoms with Crippen LogP contribution in [-0.4, -0.2) is 22.6 Å². The van der Waals surface area contributed by atoms with E-state index in [1.165, 1.54) is 0 Å². The van der Waals surface area contributed by atoms with Crippen LogP contribution in [0.1, 0.15) is 43.3 Å². The van der Waals surface area contributed by atoms with Gasteiger partial charge in [-0.1, -0.05) is 28.4 Å². The number of carbonyl (C=O) groups excluding carboxylic acids is 1. The van der Waals surface area contributed by atoms with Crippen LogP contribution in [0.25, 0.3) is 0 Å². The molecule has 1 aromatic carbocycles. The van der Waals surface area contributed by atoms with Crippen molar-refractivity contribution in [1.82, 2.24) is 10.1 Å². The van der Waals surface area contributed by atoms with Gasteiger partial charge in [-0.05, 0) is 43.9 Å². The highest BCUT2D eigenvalue weighted by Crippen LogP contribution is 2.39. The van der Waals surface area contributed by atoms with Crippen LogP contribution < -0.4 is 10.6 Å². The predicted molar refractivity (Wildman–Crippen MR) is 97.4 cm³/mol. The summed E-state index contributed by atoms with van der Waals surface area (Å²) in [5.41, 5.74) is 6.43. The van der Waals surface area contributed by atoms with E-state index in [0.29, 0.717) is 40.4 Å². The molecular formula is C16H17Cl3N4O2. The maximum atomic E-state index is 12.7. The SMILES string of the molecule is Cl.NC1(c2noc(C3CCN(c4ccc(Cl)c(Cl)c4)C3=O)n2)CCC1. The molecule has 1 saturated carbocycles. The molecule has 1 aromatic heterocycles. The minimum atomic E-state index is -0.493. The van der Waals surface area contributed by atoms with E-state index < -0.39 is 11.5 Å². The topological polar surface area (TPSA) is 85.2 Å². The third kappa shape index (κ3) is 3.12. The fraction of sp³-hybridized carbons (Fsp3) is 0.438. The van der Waals surface area contributed by atoms with Crippen molar-refractivity contribution in [3.8, 4) is 0 Å². The van der Waals surface area contributed by atoms with Crippen LogP contribution in [0.5, 0.6) is 0 Å². The van der Waals surface area contributed by atoms with E-state index in [9.17, 15) is 4.79 Å². The number of aromatic nitrogens is 2. The van der Waals surface area contributed by atoms with Crippen LogP contribution in [0.15, 0.2) is 22.7 Å². The Kier molecular flexibility index (Phi) is 4.99. The summed E-state index contributed by atoms with van der Waals surface area (Å²) in [7, 11) is 0. The lowest BCUT2D eigenvalue weighted by Crippen LogP contribution is -2.44.